The van der Waals surface area contributed by atoms with Crippen LogP contribution in [-0.2, 0) is 14.3 Å². The number of fused-ring (bicyclic) bond motifs is 1. The Hall–Kier alpha value is -5.19. The van der Waals surface area contributed by atoms with Gasteiger partial charge in [0.05, 0.1) is 45.8 Å². The molecule has 5 fully saturated rings. The molecule has 0 radical (unpaired) electrons. The molecule has 0 aliphatic carbocycles. The second-order valence-corrected chi connectivity index (χ2v) is 16.8. The Morgan fingerprint density at radius 3 is 2.27 bits per heavy atom. The summed E-state index contributed by atoms with van der Waals surface area (Å²) in [5.74, 6) is -0.960. The standard InChI is InChI=1S/C42H45ClN8O5/c1-26-20-42(25-50(26)29-3-2-27(21-44)35(43)19-29)12-16-48(17-13-42)37-8-5-30(22-45-37)47-14-10-31(11-15-47)56-32-23-49(24-32)28-4-6-33-34(18-28)41(55)51(40(33)54)36-7-9-38(52)46-39(36)53/h2-6,8,18-19,22,26,31-32,36H,7,9-17,20,23-25H2,1H3,(H,46,52,53)/t26-,36?/m0/s1. The summed E-state index contributed by atoms with van der Waals surface area (Å²) in [7, 11) is 0. The fraction of sp³-hybridized carbons (Fsp3) is 0.476. The molecule has 6 aliphatic heterocycles. The number of hydrogen-bond acceptors (Lipinski definition) is 11. The van der Waals surface area contributed by atoms with Gasteiger partial charge >= 0.3 is 0 Å². The molecular weight excluding hydrogens is 732 g/mol. The van der Waals surface area contributed by atoms with Crippen LogP contribution >= 0.6 is 11.6 Å². The number of ether oxygens (including phenoxy) is 1. The maximum Gasteiger partial charge on any atom is 0.262 e. The highest BCUT2D eigenvalue weighted by Gasteiger charge is 2.46. The number of imide groups is 2. The number of piperidine rings is 3. The van der Waals surface area contributed by atoms with E-state index < -0.39 is 29.7 Å². The number of halogens is 1. The number of aromatic nitrogens is 1. The molecule has 9 rings (SSSR count). The third-order valence-electron chi connectivity index (χ3n) is 12.9. The van der Waals surface area contributed by atoms with E-state index in [-0.39, 0.29) is 36.0 Å². The van der Waals surface area contributed by atoms with Crippen molar-refractivity contribution < 1.29 is 23.9 Å². The molecule has 1 spiro atoms. The average Bonchev–Trinajstić information content (AvgIpc) is 3.64. The third-order valence-corrected chi connectivity index (χ3v) is 13.2. The number of pyridine rings is 1. The summed E-state index contributed by atoms with van der Waals surface area (Å²) in [5, 5.41) is 12.0. The Labute approximate surface area is 331 Å². The molecule has 1 N–H and O–H groups in total. The van der Waals surface area contributed by atoms with E-state index in [1.165, 1.54) is 0 Å². The zero-order chi connectivity index (χ0) is 38.7. The molecule has 0 saturated carbocycles. The minimum atomic E-state index is -0.973. The van der Waals surface area contributed by atoms with Crippen molar-refractivity contribution >= 4 is 58.1 Å². The first kappa shape index (κ1) is 36.4. The number of hydrogen-bond donors (Lipinski definition) is 1. The van der Waals surface area contributed by atoms with Gasteiger partial charge in [0, 0.05) is 69.7 Å². The first-order valence-electron chi connectivity index (χ1n) is 19.8. The Bertz CT molecular complexity index is 2120. The van der Waals surface area contributed by atoms with Gasteiger partial charge in [0.25, 0.3) is 11.8 Å². The van der Waals surface area contributed by atoms with Crippen LogP contribution < -0.4 is 24.9 Å². The van der Waals surface area contributed by atoms with Gasteiger partial charge in [0.1, 0.15) is 17.9 Å². The molecular formula is C42H45ClN8O5. The molecule has 13 nitrogen and oxygen atoms in total. The van der Waals surface area contributed by atoms with Gasteiger partial charge < -0.3 is 24.3 Å². The van der Waals surface area contributed by atoms with Gasteiger partial charge in [-0.25, -0.2) is 4.98 Å². The smallest absolute Gasteiger partial charge is 0.262 e. The zero-order valence-corrected chi connectivity index (χ0v) is 32.2. The van der Waals surface area contributed by atoms with Crippen LogP contribution in [0.2, 0.25) is 5.02 Å². The van der Waals surface area contributed by atoms with Gasteiger partial charge in [-0.05, 0) is 99.4 Å². The van der Waals surface area contributed by atoms with Gasteiger partial charge in [-0.3, -0.25) is 29.4 Å². The number of amides is 4. The maximum atomic E-state index is 13.3. The highest BCUT2D eigenvalue weighted by molar-refractivity contribution is 6.32. The minimum Gasteiger partial charge on any atom is -0.371 e. The number of benzene rings is 2. The van der Waals surface area contributed by atoms with E-state index in [0.29, 0.717) is 35.3 Å². The summed E-state index contributed by atoms with van der Waals surface area (Å²) in [6.07, 6.45) is 7.76. The van der Waals surface area contributed by atoms with Gasteiger partial charge in [0.15, 0.2) is 0 Å². The van der Waals surface area contributed by atoms with E-state index in [2.05, 4.69) is 50.0 Å². The van der Waals surface area contributed by atoms with Crippen molar-refractivity contribution in [1.29, 1.82) is 5.26 Å². The van der Waals surface area contributed by atoms with Crippen LogP contribution in [0.5, 0.6) is 0 Å². The Balaban J connectivity index is 0.725. The second kappa shape index (κ2) is 14.4. The van der Waals surface area contributed by atoms with E-state index in [0.717, 1.165) is 92.6 Å². The van der Waals surface area contributed by atoms with Crippen LogP contribution in [0.1, 0.15) is 78.1 Å². The molecule has 1 unspecified atom stereocenters. The SMILES string of the molecule is C[C@H]1CC2(CCN(c3ccc(N4CCC(OC5CN(c6ccc7c(c6)C(=O)N(C6CCC(=O)NC6=O)C7=O)C5)CC4)cn3)CC2)CN1c1ccc(C#N)c(Cl)c1. The molecule has 3 aromatic rings. The fourth-order valence-corrected chi connectivity index (χ4v) is 9.89. The van der Waals surface area contributed by atoms with Crippen molar-refractivity contribution in [2.45, 2.75) is 76.2 Å². The molecule has 4 amide bonds. The molecule has 290 valence electrons. The summed E-state index contributed by atoms with van der Waals surface area (Å²) in [5.41, 5.74) is 4.44. The summed E-state index contributed by atoms with van der Waals surface area (Å²) in [6.45, 7) is 8.46. The largest absolute Gasteiger partial charge is 0.371 e. The molecule has 6 aliphatic rings. The maximum absolute atomic E-state index is 13.3. The quantitative estimate of drug-likeness (QED) is 0.332. The predicted molar refractivity (Wildman–Crippen MR) is 211 cm³/mol. The summed E-state index contributed by atoms with van der Waals surface area (Å²) in [6, 6.07) is 17.0. The Kier molecular flexibility index (Phi) is 9.37. The van der Waals surface area contributed by atoms with Gasteiger partial charge in [-0.1, -0.05) is 11.6 Å². The Morgan fingerprint density at radius 2 is 1.57 bits per heavy atom. The topological polar surface area (TPSA) is 142 Å². The van der Waals surface area contributed by atoms with Crippen LogP contribution in [0.4, 0.5) is 22.9 Å². The van der Waals surface area contributed by atoms with Crippen LogP contribution in [0.25, 0.3) is 0 Å². The minimum absolute atomic E-state index is 0.0896. The van der Waals surface area contributed by atoms with Gasteiger partial charge in [-0.2, -0.15) is 5.26 Å². The number of nitriles is 1. The van der Waals surface area contributed by atoms with Crippen LogP contribution in [-0.4, -0.2) is 104 Å². The first-order chi connectivity index (χ1) is 27.1. The lowest BCUT2D eigenvalue weighted by molar-refractivity contribution is -0.136. The molecule has 5 saturated heterocycles. The molecule has 14 heteroatoms. The van der Waals surface area contributed by atoms with Crippen molar-refractivity contribution in [2.75, 3.05) is 65.4 Å². The first-order valence-corrected chi connectivity index (χ1v) is 20.1. The monoisotopic (exact) mass is 776 g/mol. The van der Waals surface area contributed by atoms with Crippen LogP contribution in [0.15, 0.2) is 54.7 Å². The number of rotatable bonds is 7. The highest BCUT2D eigenvalue weighted by Crippen LogP contribution is 2.46. The summed E-state index contributed by atoms with van der Waals surface area (Å²) < 4.78 is 6.49. The van der Waals surface area contributed by atoms with Crippen LogP contribution in [0.3, 0.4) is 0 Å². The molecule has 1 aromatic heterocycles. The lowest BCUT2D eigenvalue weighted by atomic mass is 9.77. The fourth-order valence-electron chi connectivity index (χ4n) is 9.68. The number of nitrogens with one attached hydrogen (secondary N) is 1. The van der Waals surface area contributed by atoms with E-state index in [1.54, 1.807) is 12.1 Å². The van der Waals surface area contributed by atoms with Gasteiger partial charge in [-0.15, -0.1) is 0 Å². The van der Waals surface area contributed by atoms with Gasteiger partial charge in [0.2, 0.25) is 11.8 Å². The van der Waals surface area contributed by atoms with Crippen molar-refractivity contribution in [3.05, 3.63) is 76.4 Å². The molecule has 2 atom stereocenters. The molecule has 56 heavy (non-hydrogen) atoms. The van der Waals surface area contributed by atoms with E-state index in [9.17, 15) is 24.4 Å². The normalized spacial score (nSPS) is 24.1. The van der Waals surface area contributed by atoms with E-state index in [4.69, 9.17) is 21.3 Å². The Morgan fingerprint density at radius 1 is 0.839 bits per heavy atom. The molecule has 0 bridgehead atoms. The molecule has 2 aromatic carbocycles. The second-order valence-electron chi connectivity index (χ2n) is 16.3. The lowest BCUT2D eigenvalue weighted by Gasteiger charge is -2.44. The number of carbonyl (C=O) groups is 4. The zero-order valence-electron chi connectivity index (χ0n) is 31.5. The summed E-state index contributed by atoms with van der Waals surface area (Å²) in [4.78, 5) is 65.6. The molecule has 7 heterocycles. The number of nitrogens with zero attached hydrogens (tertiary/aromatic N) is 7. The van der Waals surface area contributed by atoms with Crippen molar-refractivity contribution in [3.63, 3.8) is 0 Å². The van der Waals surface area contributed by atoms with E-state index >= 15 is 0 Å². The number of carbonyl (C=O) groups excluding carboxylic acids is 4. The average molecular weight is 777 g/mol. The van der Waals surface area contributed by atoms with Crippen molar-refractivity contribution in [1.82, 2.24) is 15.2 Å². The summed E-state index contributed by atoms with van der Waals surface area (Å²) >= 11 is 6.38. The van der Waals surface area contributed by atoms with E-state index in [1.807, 2.05) is 30.5 Å². The number of anilines is 4. The highest BCUT2D eigenvalue weighted by atomic mass is 35.5. The van der Waals surface area contributed by atoms with Crippen molar-refractivity contribution in [2.24, 2.45) is 5.41 Å². The van der Waals surface area contributed by atoms with Crippen molar-refractivity contribution in [3.8, 4) is 6.07 Å². The lowest BCUT2D eigenvalue weighted by Crippen LogP contribution is -2.54. The third kappa shape index (κ3) is 6.62. The predicted octanol–water partition coefficient (Wildman–Crippen LogP) is 4.77. The van der Waals surface area contributed by atoms with Crippen LogP contribution in [0, 0.1) is 16.7 Å².